The van der Waals surface area contributed by atoms with Crippen LogP contribution < -0.4 is 10.1 Å². The van der Waals surface area contributed by atoms with Crippen molar-refractivity contribution in [3.05, 3.63) is 24.3 Å². The van der Waals surface area contributed by atoms with Crippen molar-refractivity contribution in [3.8, 4) is 5.75 Å². The van der Waals surface area contributed by atoms with Gasteiger partial charge >= 0.3 is 5.97 Å². The summed E-state index contributed by atoms with van der Waals surface area (Å²) < 4.78 is 10.0. The van der Waals surface area contributed by atoms with Crippen LogP contribution in [0.25, 0.3) is 0 Å². The van der Waals surface area contributed by atoms with E-state index in [9.17, 15) is 4.79 Å². The molecule has 4 heteroatoms. The lowest BCUT2D eigenvalue weighted by molar-refractivity contribution is -0.143. The summed E-state index contributed by atoms with van der Waals surface area (Å²) in [5.74, 6) is 0.605. The van der Waals surface area contributed by atoms with Crippen LogP contribution in [0.15, 0.2) is 24.3 Å². The Kier molecular flexibility index (Phi) is 5.33. The zero-order chi connectivity index (χ0) is 12.7. The van der Waals surface area contributed by atoms with E-state index in [1.807, 2.05) is 31.2 Å². The van der Waals surface area contributed by atoms with Crippen LogP contribution in [0.5, 0.6) is 5.75 Å². The SMILES string of the molecule is CCOC(=O)C[C@@H](C)Nc1cccc(OC)c1. The van der Waals surface area contributed by atoms with Gasteiger partial charge in [-0.15, -0.1) is 0 Å². The summed E-state index contributed by atoms with van der Waals surface area (Å²) in [7, 11) is 1.63. The molecule has 0 amide bonds. The van der Waals surface area contributed by atoms with Gasteiger partial charge in [-0.3, -0.25) is 4.79 Å². The molecule has 0 fully saturated rings. The molecule has 0 aliphatic rings. The Balaban J connectivity index is 2.49. The Labute approximate surface area is 102 Å². The first-order chi connectivity index (χ1) is 8.15. The van der Waals surface area contributed by atoms with Crippen molar-refractivity contribution < 1.29 is 14.3 Å². The van der Waals surface area contributed by atoms with Gasteiger partial charge in [0, 0.05) is 17.8 Å². The maximum Gasteiger partial charge on any atom is 0.307 e. The molecule has 1 aromatic rings. The minimum atomic E-state index is -0.185. The highest BCUT2D eigenvalue weighted by atomic mass is 16.5. The third-order valence-corrected chi connectivity index (χ3v) is 2.26. The molecule has 0 heterocycles. The Hall–Kier alpha value is -1.71. The zero-order valence-corrected chi connectivity index (χ0v) is 10.5. The Bertz CT molecular complexity index is 365. The Morgan fingerprint density at radius 1 is 1.47 bits per heavy atom. The van der Waals surface area contributed by atoms with E-state index in [0.717, 1.165) is 11.4 Å². The van der Waals surface area contributed by atoms with Gasteiger partial charge in [0.25, 0.3) is 0 Å². The van der Waals surface area contributed by atoms with Gasteiger partial charge in [-0.1, -0.05) is 6.07 Å². The van der Waals surface area contributed by atoms with Crippen LogP contribution in [0.1, 0.15) is 20.3 Å². The van der Waals surface area contributed by atoms with Crippen LogP contribution in [0.2, 0.25) is 0 Å². The van der Waals surface area contributed by atoms with Gasteiger partial charge < -0.3 is 14.8 Å². The first-order valence-corrected chi connectivity index (χ1v) is 5.72. The van der Waals surface area contributed by atoms with E-state index in [1.165, 1.54) is 0 Å². The standard InChI is InChI=1S/C13H19NO3/c1-4-17-13(15)8-10(2)14-11-6-5-7-12(9-11)16-3/h5-7,9-10,14H,4,8H2,1-3H3/t10-/m1/s1. The molecule has 0 bridgehead atoms. The average molecular weight is 237 g/mol. The Morgan fingerprint density at radius 2 is 2.24 bits per heavy atom. The second-order valence-electron chi connectivity index (χ2n) is 3.79. The average Bonchev–Trinajstić information content (AvgIpc) is 2.29. The van der Waals surface area contributed by atoms with E-state index in [2.05, 4.69) is 5.32 Å². The van der Waals surface area contributed by atoms with Gasteiger partial charge in [0.15, 0.2) is 0 Å². The number of anilines is 1. The van der Waals surface area contributed by atoms with E-state index < -0.39 is 0 Å². The molecule has 0 saturated carbocycles. The molecule has 4 nitrogen and oxygen atoms in total. The summed E-state index contributed by atoms with van der Waals surface area (Å²) in [4.78, 5) is 11.3. The molecule has 0 radical (unpaired) electrons. The van der Waals surface area contributed by atoms with Crippen molar-refractivity contribution in [3.63, 3.8) is 0 Å². The number of hydrogen-bond donors (Lipinski definition) is 1. The minimum Gasteiger partial charge on any atom is -0.497 e. The summed E-state index contributed by atoms with van der Waals surface area (Å²) >= 11 is 0. The van der Waals surface area contributed by atoms with E-state index in [-0.39, 0.29) is 12.0 Å². The maximum atomic E-state index is 11.3. The minimum absolute atomic E-state index is 0.0288. The number of carbonyl (C=O) groups excluding carboxylic acids is 1. The first-order valence-electron chi connectivity index (χ1n) is 5.72. The fourth-order valence-electron chi connectivity index (χ4n) is 1.52. The molecular formula is C13H19NO3. The third-order valence-electron chi connectivity index (χ3n) is 2.26. The highest BCUT2D eigenvalue weighted by Crippen LogP contribution is 2.17. The molecule has 0 spiro atoms. The van der Waals surface area contributed by atoms with Crippen LogP contribution in [0, 0.1) is 0 Å². The van der Waals surface area contributed by atoms with E-state index in [4.69, 9.17) is 9.47 Å². The third kappa shape index (κ3) is 4.76. The lowest BCUT2D eigenvalue weighted by Gasteiger charge is -2.14. The Morgan fingerprint density at radius 3 is 2.88 bits per heavy atom. The van der Waals surface area contributed by atoms with Gasteiger partial charge in [0.05, 0.1) is 20.1 Å². The highest BCUT2D eigenvalue weighted by molar-refractivity contribution is 5.70. The van der Waals surface area contributed by atoms with Crippen molar-refractivity contribution in [2.75, 3.05) is 19.0 Å². The molecule has 1 rings (SSSR count). The van der Waals surface area contributed by atoms with Crippen LogP contribution in [-0.2, 0) is 9.53 Å². The normalized spacial score (nSPS) is 11.7. The van der Waals surface area contributed by atoms with E-state index in [1.54, 1.807) is 14.0 Å². The van der Waals surface area contributed by atoms with Crippen molar-refractivity contribution in [1.82, 2.24) is 0 Å². The maximum absolute atomic E-state index is 11.3. The van der Waals surface area contributed by atoms with Gasteiger partial charge in [-0.05, 0) is 26.0 Å². The summed E-state index contributed by atoms with van der Waals surface area (Å²) in [6, 6.07) is 7.63. The van der Waals surface area contributed by atoms with Crippen LogP contribution in [0.4, 0.5) is 5.69 Å². The fourth-order valence-corrected chi connectivity index (χ4v) is 1.52. The van der Waals surface area contributed by atoms with Crippen LogP contribution in [0.3, 0.4) is 0 Å². The van der Waals surface area contributed by atoms with Crippen LogP contribution >= 0.6 is 0 Å². The van der Waals surface area contributed by atoms with Gasteiger partial charge in [0.1, 0.15) is 5.75 Å². The van der Waals surface area contributed by atoms with Crippen molar-refractivity contribution >= 4 is 11.7 Å². The molecule has 1 atom stereocenters. The largest absolute Gasteiger partial charge is 0.497 e. The number of ether oxygens (including phenoxy) is 2. The topological polar surface area (TPSA) is 47.6 Å². The summed E-state index contributed by atoms with van der Waals surface area (Å²) in [5.41, 5.74) is 0.932. The molecule has 1 aromatic carbocycles. The summed E-state index contributed by atoms with van der Waals surface area (Å²) in [6.45, 7) is 4.17. The lowest BCUT2D eigenvalue weighted by atomic mass is 10.2. The highest BCUT2D eigenvalue weighted by Gasteiger charge is 2.09. The van der Waals surface area contributed by atoms with Crippen LogP contribution in [-0.4, -0.2) is 25.7 Å². The predicted molar refractivity (Wildman–Crippen MR) is 67.3 cm³/mol. The molecule has 17 heavy (non-hydrogen) atoms. The summed E-state index contributed by atoms with van der Waals surface area (Å²) in [6.07, 6.45) is 0.352. The fraction of sp³-hybridized carbons (Fsp3) is 0.462. The number of nitrogens with one attached hydrogen (secondary N) is 1. The number of benzene rings is 1. The zero-order valence-electron chi connectivity index (χ0n) is 10.5. The molecule has 0 aliphatic heterocycles. The van der Waals surface area contributed by atoms with E-state index >= 15 is 0 Å². The van der Waals surface area contributed by atoms with E-state index in [0.29, 0.717) is 13.0 Å². The van der Waals surface area contributed by atoms with Gasteiger partial charge in [-0.25, -0.2) is 0 Å². The van der Waals surface area contributed by atoms with Crippen molar-refractivity contribution in [2.24, 2.45) is 0 Å². The molecule has 0 aliphatic carbocycles. The smallest absolute Gasteiger partial charge is 0.307 e. The second-order valence-corrected chi connectivity index (χ2v) is 3.79. The first kappa shape index (κ1) is 13.4. The predicted octanol–water partition coefficient (Wildman–Crippen LogP) is 2.45. The number of esters is 1. The monoisotopic (exact) mass is 237 g/mol. The number of methoxy groups -OCH3 is 1. The molecule has 0 saturated heterocycles. The molecule has 1 N–H and O–H groups in total. The number of rotatable bonds is 6. The number of carbonyl (C=O) groups is 1. The molecule has 0 aromatic heterocycles. The molecule has 0 unspecified atom stereocenters. The molecular weight excluding hydrogens is 218 g/mol. The summed E-state index contributed by atoms with van der Waals surface area (Å²) in [5, 5.41) is 3.23. The van der Waals surface area contributed by atoms with Crippen molar-refractivity contribution in [2.45, 2.75) is 26.3 Å². The quantitative estimate of drug-likeness (QED) is 0.772. The van der Waals surface area contributed by atoms with Gasteiger partial charge in [0.2, 0.25) is 0 Å². The van der Waals surface area contributed by atoms with Crippen molar-refractivity contribution in [1.29, 1.82) is 0 Å². The van der Waals surface area contributed by atoms with Gasteiger partial charge in [-0.2, -0.15) is 0 Å². The lowest BCUT2D eigenvalue weighted by Crippen LogP contribution is -2.20. The molecule has 94 valence electrons. The second kappa shape index (κ2) is 6.78. The number of hydrogen-bond acceptors (Lipinski definition) is 4.